The first-order valence-electron chi connectivity index (χ1n) is 5.21. The Morgan fingerprint density at radius 2 is 2.19 bits per heavy atom. The molecule has 1 aromatic heterocycles. The molecule has 1 aromatic rings. The molecule has 1 heterocycles. The zero-order chi connectivity index (χ0) is 11.3. The van der Waals surface area contributed by atoms with Gasteiger partial charge >= 0.3 is 0 Å². The van der Waals surface area contributed by atoms with Crippen molar-refractivity contribution < 1.29 is 9.21 Å². The number of halogens is 1. The van der Waals surface area contributed by atoms with Crippen LogP contribution in [0.1, 0.15) is 36.6 Å². The summed E-state index contributed by atoms with van der Waals surface area (Å²) in [6.45, 7) is 4.89. The van der Waals surface area contributed by atoms with Gasteiger partial charge in [-0.3, -0.25) is 4.79 Å². The summed E-state index contributed by atoms with van der Waals surface area (Å²) in [4.78, 5) is 11.2. The highest BCUT2D eigenvalue weighted by atomic mass is 35.5. The standard InChI is InChI=1S/C11H18N2O2.ClH/c1-4-8(2)13-7-9-5-6-10(15-9)11(14)12-3;/h5-6,8,13H,4,7H2,1-3H3,(H,12,14);1H. The summed E-state index contributed by atoms with van der Waals surface area (Å²) in [5, 5.41) is 5.81. The predicted octanol–water partition coefficient (Wildman–Crippen LogP) is 1.95. The summed E-state index contributed by atoms with van der Waals surface area (Å²) in [6.07, 6.45) is 1.07. The smallest absolute Gasteiger partial charge is 0.286 e. The van der Waals surface area contributed by atoms with Crippen molar-refractivity contribution >= 4 is 18.3 Å². The summed E-state index contributed by atoms with van der Waals surface area (Å²) >= 11 is 0. The minimum absolute atomic E-state index is 0. The van der Waals surface area contributed by atoms with Gasteiger partial charge in [-0.05, 0) is 25.5 Å². The molecule has 5 heteroatoms. The summed E-state index contributed by atoms with van der Waals surface area (Å²) in [6, 6.07) is 3.96. The average molecular weight is 247 g/mol. The van der Waals surface area contributed by atoms with Crippen molar-refractivity contribution in [1.82, 2.24) is 10.6 Å². The summed E-state index contributed by atoms with van der Waals surface area (Å²) in [5.74, 6) is 0.956. The molecule has 0 aliphatic rings. The van der Waals surface area contributed by atoms with Crippen molar-refractivity contribution in [3.63, 3.8) is 0 Å². The van der Waals surface area contributed by atoms with E-state index in [2.05, 4.69) is 24.5 Å². The minimum Gasteiger partial charge on any atom is -0.455 e. The molecule has 1 atom stereocenters. The molecule has 0 saturated carbocycles. The third kappa shape index (κ3) is 4.24. The van der Waals surface area contributed by atoms with E-state index in [1.165, 1.54) is 0 Å². The highest BCUT2D eigenvalue weighted by Gasteiger charge is 2.09. The summed E-state index contributed by atoms with van der Waals surface area (Å²) < 4.78 is 5.36. The van der Waals surface area contributed by atoms with E-state index in [1.807, 2.05) is 6.07 Å². The molecule has 4 nitrogen and oxygen atoms in total. The number of carbonyl (C=O) groups excluding carboxylic acids is 1. The lowest BCUT2D eigenvalue weighted by atomic mass is 10.2. The summed E-state index contributed by atoms with van der Waals surface area (Å²) in [5.41, 5.74) is 0. The second-order valence-corrected chi connectivity index (χ2v) is 3.54. The number of rotatable bonds is 5. The molecule has 1 amide bonds. The van der Waals surface area contributed by atoms with Crippen molar-refractivity contribution in [3.8, 4) is 0 Å². The van der Waals surface area contributed by atoms with Gasteiger partial charge in [-0.2, -0.15) is 0 Å². The lowest BCUT2D eigenvalue weighted by Crippen LogP contribution is -2.24. The number of amides is 1. The van der Waals surface area contributed by atoms with Crippen LogP contribution >= 0.6 is 12.4 Å². The fourth-order valence-electron chi connectivity index (χ4n) is 1.14. The fourth-order valence-corrected chi connectivity index (χ4v) is 1.14. The van der Waals surface area contributed by atoms with Crippen LogP contribution in [0, 0.1) is 0 Å². The maximum Gasteiger partial charge on any atom is 0.286 e. The molecule has 0 bridgehead atoms. The normalized spacial score (nSPS) is 11.7. The SMILES string of the molecule is CCC(C)NCc1ccc(C(=O)NC)o1.Cl. The van der Waals surface area contributed by atoms with Crippen LogP contribution < -0.4 is 10.6 Å². The van der Waals surface area contributed by atoms with Gasteiger partial charge in [-0.1, -0.05) is 6.92 Å². The van der Waals surface area contributed by atoms with E-state index < -0.39 is 0 Å². The molecule has 0 aromatic carbocycles. The third-order valence-corrected chi connectivity index (χ3v) is 2.35. The monoisotopic (exact) mass is 246 g/mol. The number of hydrogen-bond donors (Lipinski definition) is 2. The molecule has 1 rings (SSSR count). The second kappa shape index (κ2) is 7.30. The molecule has 92 valence electrons. The van der Waals surface area contributed by atoms with Crippen LogP contribution in [-0.2, 0) is 6.54 Å². The highest BCUT2D eigenvalue weighted by Crippen LogP contribution is 2.07. The van der Waals surface area contributed by atoms with Crippen molar-refractivity contribution in [2.75, 3.05) is 7.05 Å². The van der Waals surface area contributed by atoms with E-state index in [1.54, 1.807) is 13.1 Å². The Kier molecular flexibility index (Phi) is 6.85. The zero-order valence-corrected chi connectivity index (χ0v) is 10.7. The van der Waals surface area contributed by atoms with Crippen LogP contribution in [0.4, 0.5) is 0 Å². The maximum absolute atomic E-state index is 11.2. The van der Waals surface area contributed by atoms with Crippen molar-refractivity contribution in [2.45, 2.75) is 32.9 Å². The van der Waals surface area contributed by atoms with E-state index >= 15 is 0 Å². The topological polar surface area (TPSA) is 54.3 Å². The minimum atomic E-state index is -0.190. The zero-order valence-electron chi connectivity index (χ0n) is 9.87. The Morgan fingerprint density at radius 3 is 2.75 bits per heavy atom. The van der Waals surface area contributed by atoms with Crippen LogP contribution in [0.3, 0.4) is 0 Å². The Bertz CT molecular complexity index is 326. The summed E-state index contributed by atoms with van der Waals surface area (Å²) in [7, 11) is 1.59. The molecular formula is C11H19ClN2O2. The first-order valence-corrected chi connectivity index (χ1v) is 5.21. The number of hydrogen-bond acceptors (Lipinski definition) is 3. The molecule has 0 aliphatic carbocycles. The van der Waals surface area contributed by atoms with Gasteiger partial charge in [-0.25, -0.2) is 0 Å². The predicted molar refractivity (Wildman–Crippen MR) is 65.9 cm³/mol. The van der Waals surface area contributed by atoms with Crippen LogP contribution in [0.2, 0.25) is 0 Å². The number of carbonyl (C=O) groups is 1. The highest BCUT2D eigenvalue weighted by molar-refractivity contribution is 5.91. The largest absolute Gasteiger partial charge is 0.455 e. The van der Waals surface area contributed by atoms with Crippen LogP contribution in [0.5, 0.6) is 0 Å². The maximum atomic E-state index is 11.2. The lowest BCUT2D eigenvalue weighted by Gasteiger charge is -2.08. The average Bonchev–Trinajstić information content (AvgIpc) is 2.73. The molecule has 0 radical (unpaired) electrons. The quantitative estimate of drug-likeness (QED) is 0.835. The number of nitrogens with one attached hydrogen (secondary N) is 2. The van der Waals surface area contributed by atoms with Gasteiger partial charge in [0.05, 0.1) is 6.54 Å². The first-order chi connectivity index (χ1) is 7.17. The molecule has 0 aliphatic heterocycles. The Hall–Kier alpha value is -1.00. The molecule has 1 unspecified atom stereocenters. The van der Waals surface area contributed by atoms with E-state index in [9.17, 15) is 4.79 Å². The van der Waals surface area contributed by atoms with E-state index in [0.717, 1.165) is 12.2 Å². The molecule has 0 saturated heterocycles. The van der Waals surface area contributed by atoms with Gasteiger partial charge in [0.1, 0.15) is 5.76 Å². The van der Waals surface area contributed by atoms with Crippen molar-refractivity contribution in [3.05, 3.63) is 23.7 Å². The van der Waals surface area contributed by atoms with E-state index in [4.69, 9.17) is 4.42 Å². The molecule has 0 spiro atoms. The Balaban J connectivity index is 0.00000225. The van der Waals surface area contributed by atoms with Gasteiger partial charge in [0, 0.05) is 13.1 Å². The van der Waals surface area contributed by atoms with Crippen molar-refractivity contribution in [2.24, 2.45) is 0 Å². The Morgan fingerprint density at radius 1 is 1.50 bits per heavy atom. The van der Waals surface area contributed by atoms with Gasteiger partial charge in [-0.15, -0.1) is 12.4 Å². The third-order valence-electron chi connectivity index (χ3n) is 2.35. The molecular weight excluding hydrogens is 228 g/mol. The Labute approximate surface area is 102 Å². The van der Waals surface area contributed by atoms with Gasteiger partial charge < -0.3 is 15.1 Å². The van der Waals surface area contributed by atoms with Crippen LogP contribution in [0.15, 0.2) is 16.5 Å². The van der Waals surface area contributed by atoms with Crippen LogP contribution in [-0.4, -0.2) is 19.0 Å². The van der Waals surface area contributed by atoms with E-state index in [0.29, 0.717) is 18.3 Å². The lowest BCUT2D eigenvalue weighted by molar-refractivity contribution is 0.0933. The first kappa shape index (κ1) is 15.0. The van der Waals surface area contributed by atoms with Crippen LogP contribution in [0.25, 0.3) is 0 Å². The van der Waals surface area contributed by atoms with Gasteiger partial charge in [0.2, 0.25) is 0 Å². The molecule has 0 fully saturated rings. The number of furan rings is 1. The molecule has 16 heavy (non-hydrogen) atoms. The van der Waals surface area contributed by atoms with Crippen molar-refractivity contribution in [1.29, 1.82) is 0 Å². The van der Waals surface area contributed by atoms with E-state index in [-0.39, 0.29) is 18.3 Å². The fraction of sp³-hybridized carbons (Fsp3) is 0.545. The molecule has 2 N–H and O–H groups in total. The van der Waals surface area contributed by atoms with Gasteiger partial charge in [0.25, 0.3) is 5.91 Å². The second-order valence-electron chi connectivity index (χ2n) is 3.54. The van der Waals surface area contributed by atoms with Gasteiger partial charge in [0.15, 0.2) is 5.76 Å².